The first-order valence-electron chi connectivity index (χ1n) is 15.7. The molecule has 3 amide bonds. The van der Waals surface area contributed by atoms with Gasteiger partial charge in [-0.15, -0.1) is 0 Å². The molecule has 11 heteroatoms. The number of benzene rings is 2. The molecule has 0 aliphatic carbocycles. The number of hydrogen-bond donors (Lipinski definition) is 1. The van der Waals surface area contributed by atoms with Gasteiger partial charge in [-0.25, -0.2) is 0 Å². The van der Waals surface area contributed by atoms with Gasteiger partial charge < -0.3 is 34.1 Å². The summed E-state index contributed by atoms with van der Waals surface area (Å²) in [4.78, 5) is 47.8. The number of likely N-dealkylation sites (tertiary alicyclic amines) is 1. The predicted octanol–water partition coefficient (Wildman–Crippen LogP) is 3.54. The second kappa shape index (κ2) is 16.2. The van der Waals surface area contributed by atoms with Crippen molar-refractivity contribution in [3.05, 3.63) is 83.7 Å². The molecule has 2 aromatic carbocycles. The van der Waals surface area contributed by atoms with Crippen LogP contribution in [0.4, 0.5) is 0 Å². The number of rotatable bonds is 7. The zero-order chi connectivity index (χ0) is 32.3. The summed E-state index contributed by atoms with van der Waals surface area (Å²) < 4.78 is 23.4. The second-order valence-electron chi connectivity index (χ2n) is 11.5. The Hall–Kier alpha value is -4.48. The number of nitrogens with one attached hydrogen (secondary N) is 1. The highest BCUT2D eigenvalue weighted by molar-refractivity contribution is 5.85. The number of methoxy groups -OCH3 is 2. The van der Waals surface area contributed by atoms with Crippen LogP contribution in [-0.2, 0) is 43.3 Å². The van der Waals surface area contributed by atoms with Gasteiger partial charge in [0.15, 0.2) is 11.5 Å². The van der Waals surface area contributed by atoms with E-state index >= 15 is 0 Å². The van der Waals surface area contributed by atoms with E-state index in [4.69, 9.17) is 18.9 Å². The number of fused-ring (bicyclic) bond motifs is 9. The molecule has 1 fully saturated rings. The fourth-order valence-corrected chi connectivity index (χ4v) is 5.77. The zero-order valence-electron chi connectivity index (χ0n) is 26.5. The van der Waals surface area contributed by atoms with E-state index in [0.29, 0.717) is 61.9 Å². The molecule has 1 N–H and O–H groups in total. The molecule has 3 aliphatic rings. The van der Waals surface area contributed by atoms with Gasteiger partial charge in [0.2, 0.25) is 17.7 Å². The van der Waals surface area contributed by atoms with Crippen LogP contribution in [0.15, 0.2) is 66.9 Å². The molecule has 0 unspecified atom stereocenters. The average Bonchev–Trinajstić information content (AvgIpc) is 3.07. The summed E-state index contributed by atoms with van der Waals surface area (Å²) in [6.45, 7) is 1.81. The van der Waals surface area contributed by atoms with Gasteiger partial charge in [0.25, 0.3) is 0 Å². The quantitative estimate of drug-likeness (QED) is 0.394. The monoisotopic (exact) mass is 630 g/mol. The highest BCUT2D eigenvalue weighted by atomic mass is 16.5. The van der Waals surface area contributed by atoms with Gasteiger partial charge in [0.05, 0.1) is 38.8 Å². The number of aryl methyl sites for hydroxylation is 1. The number of aromatic nitrogens is 1. The van der Waals surface area contributed by atoms with Gasteiger partial charge >= 0.3 is 0 Å². The van der Waals surface area contributed by atoms with Crippen LogP contribution in [0.5, 0.6) is 17.2 Å². The van der Waals surface area contributed by atoms with Crippen molar-refractivity contribution in [1.82, 2.24) is 20.1 Å². The summed E-state index contributed by atoms with van der Waals surface area (Å²) in [5, 5.41) is 3.10. The van der Waals surface area contributed by atoms with E-state index in [1.54, 1.807) is 30.2 Å². The van der Waals surface area contributed by atoms with Crippen molar-refractivity contribution in [2.45, 2.75) is 50.9 Å². The third kappa shape index (κ3) is 9.04. The van der Waals surface area contributed by atoms with Gasteiger partial charge in [-0.05, 0) is 66.8 Å². The molecule has 1 saturated heterocycles. The van der Waals surface area contributed by atoms with E-state index < -0.39 is 6.04 Å². The number of nitrogens with zero attached hydrogens (tertiary/aromatic N) is 3. The Bertz CT molecular complexity index is 1480. The van der Waals surface area contributed by atoms with Gasteiger partial charge in [-0.1, -0.05) is 24.3 Å². The fourth-order valence-electron chi connectivity index (χ4n) is 5.77. The fraction of sp³-hybridized carbons (Fsp3) is 0.429. The normalized spacial score (nSPS) is 19.3. The van der Waals surface area contributed by atoms with Crippen molar-refractivity contribution < 1.29 is 33.3 Å². The molecule has 2 atom stereocenters. The topological polar surface area (TPSA) is 120 Å². The lowest BCUT2D eigenvalue weighted by molar-refractivity contribution is -0.139. The molecule has 3 aromatic rings. The molecule has 0 spiro atoms. The van der Waals surface area contributed by atoms with Gasteiger partial charge in [0.1, 0.15) is 5.75 Å². The molecule has 4 bridgehead atoms. The molecular formula is C35H42N4O7. The maximum absolute atomic E-state index is 13.5. The maximum atomic E-state index is 13.5. The smallest absolute Gasteiger partial charge is 0.239 e. The van der Waals surface area contributed by atoms with Crippen LogP contribution in [-0.4, -0.2) is 91.7 Å². The van der Waals surface area contributed by atoms with Gasteiger partial charge in [-0.3, -0.25) is 19.4 Å². The minimum absolute atomic E-state index is 0.0644. The van der Waals surface area contributed by atoms with E-state index in [0.717, 1.165) is 11.1 Å². The first kappa shape index (κ1) is 32.9. The molecule has 244 valence electrons. The van der Waals surface area contributed by atoms with Crippen LogP contribution in [0, 0.1) is 0 Å². The lowest BCUT2D eigenvalue weighted by Gasteiger charge is -2.39. The molecule has 3 aliphatic heterocycles. The second-order valence-corrected chi connectivity index (χ2v) is 11.5. The van der Waals surface area contributed by atoms with Crippen molar-refractivity contribution in [3.63, 3.8) is 0 Å². The van der Waals surface area contributed by atoms with Crippen molar-refractivity contribution in [2.24, 2.45) is 0 Å². The molecule has 11 nitrogen and oxygen atoms in total. The lowest BCUT2D eigenvalue weighted by Crippen LogP contribution is -2.58. The highest BCUT2D eigenvalue weighted by Gasteiger charge is 2.34. The molecule has 6 rings (SSSR count). The highest BCUT2D eigenvalue weighted by Crippen LogP contribution is 2.33. The van der Waals surface area contributed by atoms with Crippen LogP contribution in [0.1, 0.15) is 36.1 Å². The predicted molar refractivity (Wildman–Crippen MR) is 171 cm³/mol. The van der Waals surface area contributed by atoms with Crippen LogP contribution < -0.4 is 14.8 Å². The number of carbonyl (C=O) groups excluding carboxylic acids is 3. The molecule has 46 heavy (non-hydrogen) atoms. The van der Waals surface area contributed by atoms with Gasteiger partial charge in [0, 0.05) is 51.7 Å². The van der Waals surface area contributed by atoms with Crippen LogP contribution in [0.3, 0.4) is 0 Å². The summed E-state index contributed by atoms with van der Waals surface area (Å²) in [6, 6.07) is 18.3. The summed E-state index contributed by atoms with van der Waals surface area (Å²) in [5.41, 5.74) is 2.51. The zero-order valence-corrected chi connectivity index (χ0v) is 26.5. The Balaban J connectivity index is 1.38. The molecular weight excluding hydrogens is 588 g/mol. The Morgan fingerprint density at radius 2 is 1.93 bits per heavy atom. The number of pyridine rings is 1. The largest absolute Gasteiger partial charge is 0.493 e. The minimum Gasteiger partial charge on any atom is -0.493 e. The third-order valence-electron chi connectivity index (χ3n) is 8.22. The lowest BCUT2D eigenvalue weighted by atomic mass is 10.0. The van der Waals surface area contributed by atoms with E-state index in [9.17, 15) is 14.4 Å². The summed E-state index contributed by atoms with van der Waals surface area (Å²) in [6.07, 6.45) is 3.32. The van der Waals surface area contributed by atoms with E-state index in [2.05, 4.69) is 10.3 Å². The van der Waals surface area contributed by atoms with Gasteiger partial charge in [-0.2, -0.15) is 0 Å². The Labute approximate surface area is 269 Å². The molecule has 4 heterocycles. The first-order valence-corrected chi connectivity index (χ1v) is 15.7. The number of amides is 3. The third-order valence-corrected chi connectivity index (χ3v) is 8.22. The number of ether oxygens (including phenoxy) is 4. The Morgan fingerprint density at radius 3 is 2.74 bits per heavy atom. The van der Waals surface area contributed by atoms with E-state index in [-0.39, 0.29) is 56.4 Å². The van der Waals surface area contributed by atoms with Crippen molar-refractivity contribution >= 4 is 17.7 Å². The minimum atomic E-state index is -0.467. The van der Waals surface area contributed by atoms with Crippen LogP contribution in [0.25, 0.3) is 0 Å². The van der Waals surface area contributed by atoms with Crippen molar-refractivity contribution in [2.75, 3.05) is 47.0 Å². The summed E-state index contributed by atoms with van der Waals surface area (Å²) >= 11 is 0. The Kier molecular flexibility index (Phi) is 11.6. The van der Waals surface area contributed by atoms with Crippen molar-refractivity contribution in [3.8, 4) is 17.2 Å². The van der Waals surface area contributed by atoms with Crippen molar-refractivity contribution in [1.29, 1.82) is 0 Å². The number of carbonyl (C=O) groups is 3. The summed E-state index contributed by atoms with van der Waals surface area (Å²) in [5.74, 6) is 1.25. The molecule has 0 radical (unpaired) electrons. The number of hydrogen-bond acceptors (Lipinski definition) is 8. The van der Waals surface area contributed by atoms with Crippen LogP contribution >= 0.6 is 0 Å². The SMILES string of the molecule is COCCCN1CC(=O)N[C@H]2CN(C(=O)Cc3ccccn3)CC[C@H]2OCc2cccc(c2)Oc2ccc(cc2OC)CCC1=O. The first-order chi connectivity index (χ1) is 22.4. The van der Waals surface area contributed by atoms with E-state index in [1.165, 1.54) is 0 Å². The maximum Gasteiger partial charge on any atom is 0.239 e. The standard InChI is InChI=1S/C35H42N4O7/c1-43-18-6-16-38-23-33(40)37-29-22-39(35(42)21-27-8-3-4-15-36-27)17-14-30(29)45-24-26-7-5-9-28(19-26)46-31-12-10-25(11-13-34(38)41)20-32(31)44-2/h3-5,7-10,12,15,19-20,29-30H,6,11,13-14,16-18,21-24H2,1-2H3,(H,37,40)/t29-,30+/m0/s1. The number of piperidine rings is 1. The van der Waals surface area contributed by atoms with Crippen LogP contribution in [0.2, 0.25) is 0 Å². The summed E-state index contributed by atoms with van der Waals surface area (Å²) in [7, 11) is 3.19. The Morgan fingerprint density at radius 1 is 1.04 bits per heavy atom. The van der Waals surface area contributed by atoms with E-state index in [1.807, 2.05) is 60.7 Å². The molecule has 1 aromatic heterocycles. The molecule has 0 saturated carbocycles. The average molecular weight is 631 g/mol.